The zero-order valence-electron chi connectivity index (χ0n) is 9.82. The highest BCUT2D eigenvalue weighted by molar-refractivity contribution is 5.29. The maximum atomic E-state index is 5.44. The first kappa shape index (κ1) is 10.9. The summed E-state index contributed by atoms with van der Waals surface area (Å²) in [7, 11) is 1.93. The zero-order chi connectivity index (χ0) is 11.5. The van der Waals surface area contributed by atoms with Crippen molar-refractivity contribution in [3.8, 4) is 0 Å². The highest BCUT2D eigenvalue weighted by Crippen LogP contribution is 2.22. The molecule has 0 bridgehead atoms. The van der Waals surface area contributed by atoms with Gasteiger partial charge in [-0.2, -0.15) is 0 Å². The van der Waals surface area contributed by atoms with Crippen LogP contribution in [0, 0.1) is 13.8 Å². The molecule has 0 saturated heterocycles. The van der Waals surface area contributed by atoms with Crippen LogP contribution in [-0.4, -0.2) is 12.0 Å². The van der Waals surface area contributed by atoms with E-state index in [1.807, 2.05) is 33.0 Å². The van der Waals surface area contributed by atoms with Crippen molar-refractivity contribution >= 4 is 0 Å². The first-order valence-electron chi connectivity index (χ1n) is 5.36. The van der Waals surface area contributed by atoms with Crippen LogP contribution >= 0.6 is 0 Å². The highest BCUT2D eigenvalue weighted by atomic mass is 16.3. The summed E-state index contributed by atoms with van der Waals surface area (Å²) >= 11 is 0. The minimum atomic E-state index is 0.0930. The Morgan fingerprint density at radius 2 is 1.94 bits per heavy atom. The molecule has 1 N–H and O–H groups in total. The van der Waals surface area contributed by atoms with Gasteiger partial charge in [0.05, 0.1) is 12.3 Å². The molecule has 3 nitrogen and oxygen atoms in total. The molecule has 0 aromatic carbocycles. The van der Waals surface area contributed by atoms with Crippen molar-refractivity contribution in [3.63, 3.8) is 0 Å². The maximum absolute atomic E-state index is 5.44. The Labute approximate surface area is 95.5 Å². The minimum Gasteiger partial charge on any atom is -0.467 e. The van der Waals surface area contributed by atoms with Gasteiger partial charge < -0.3 is 9.73 Å². The Hall–Kier alpha value is -1.61. The number of aromatic nitrogens is 1. The molecule has 2 aromatic heterocycles. The molecule has 0 aliphatic carbocycles. The number of hydrogen-bond donors (Lipinski definition) is 1. The van der Waals surface area contributed by atoms with Gasteiger partial charge in [0.15, 0.2) is 0 Å². The summed E-state index contributed by atoms with van der Waals surface area (Å²) < 4.78 is 5.44. The first-order valence-corrected chi connectivity index (χ1v) is 5.36. The van der Waals surface area contributed by atoms with E-state index in [9.17, 15) is 0 Å². The van der Waals surface area contributed by atoms with E-state index in [2.05, 4.69) is 22.4 Å². The molecule has 0 aliphatic heterocycles. The van der Waals surface area contributed by atoms with Gasteiger partial charge in [0.1, 0.15) is 5.76 Å². The topological polar surface area (TPSA) is 38.1 Å². The molecule has 0 saturated carbocycles. The average molecular weight is 216 g/mol. The number of pyridine rings is 1. The summed E-state index contributed by atoms with van der Waals surface area (Å²) in [4.78, 5) is 4.37. The lowest BCUT2D eigenvalue weighted by Crippen LogP contribution is -2.17. The summed E-state index contributed by atoms with van der Waals surface area (Å²) in [6.45, 7) is 4.01. The van der Waals surface area contributed by atoms with E-state index in [4.69, 9.17) is 4.42 Å². The fourth-order valence-electron chi connectivity index (χ4n) is 1.96. The Kier molecular flexibility index (Phi) is 3.06. The lowest BCUT2D eigenvalue weighted by molar-refractivity contribution is 0.463. The van der Waals surface area contributed by atoms with E-state index in [-0.39, 0.29) is 6.04 Å². The van der Waals surface area contributed by atoms with Crippen LogP contribution in [-0.2, 0) is 0 Å². The van der Waals surface area contributed by atoms with Crippen molar-refractivity contribution in [1.82, 2.24) is 10.3 Å². The molecule has 0 amide bonds. The summed E-state index contributed by atoms with van der Waals surface area (Å²) in [5.41, 5.74) is 3.24. The standard InChI is InChI=1S/C13H16N2O/c1-9-7-11(8-10(2)15-9)13(14-3)12-5-4-6-16-12/h4-8,13-14H,1-3H3. The van der Waals surface area contributed by atoms with Gasteiger partial charge >= 0.3 is 0 Å². The van der Waals surface area contributed by atoms with Crippen LogP contribution in [0.1, 0.15) is 28.8 Å². The molecule has 3 heteroatoms. The third-order valence-corrected chi connectivity index (χ3v) is 2.55. The van der Waals surface area contributed by atoms with Gasteiger partial charge in [-0.1, -0.05) is 0 Å². The predicted octanol–water partition coefficient (Wildman–Crippen LogP) is 2.60. The van der Waals surface area contributed by atoms with Crippen molar-refractivity contribution in [2.24, 2.45) is 0 Å². The third kappa shape index (κ3) is 2.14. The summed E-state index contributed by atoms with van der Waals surface area (Å²) in [5, 5.41) is 3.25. The predicted molar refractivity (Wildman–Crippen MR) is 63.3 cm³/mol. The fraction of sp³-hybridized carbons (Fsp3) is 0.308. The van der Waals surface area contributed by atoms with E-state index in [1.165, 1.54) is 5.56 Å². The Bertz CT molecular complexity index is 443. The van der Waals surface area contributed by atoms with Gasteiger partial charge in [-0.15, -0.1) is 0 Å². The molecule has 2 rings (SSSR count). The third-order valence-electron chi connectivity index (χ3n) is 2.55. The van der Waals surface area contributed by atoms with Crippen LogP contribution < -0.4 is 5.32 Å². The largest absolute Gasteiger partial charge is 0.467 e. The second kappa shape index (κ2) is 4.49. The van der Waals surface area contributed by atoms with Crippen LogP contribution in [0.2, 0.25) is 0 Å². The van der Waals surface area contributed by atoms with Crippen LogP contribution in [0.5, 0.6) is 0 Å². The number of aryl methyl sites for hydroxylation is 2. The van der Waals surface area contributed by atoms with Crippen molar-refractivity contribution in [2.75, 3.05) is 7.05 Å². The Balaban J connectivity index is 2.41. The lowest BCUT2D eigenvalue weighted by atomic mass is 10.0. The van der Waals surface area contributed by atoms with E-state index < -0.39 is 0 Å². The summed E-state index contributed by atoms with van der Waals surface area (Å²) in [6, 6.07) is 8.13. The number of nitrogens with zero attached hydrogens (tertiary/aromatic N) is 1. The molecular formula is C13H16N2O. The van der Waals surface area contributed by atoms with Gasteiger partial charge in [0, 0.05) is 11.4 Å². The van der Waals surface area contributed by atoms with Crippen molar-refractivity contribution < 1.29 is 4.42 Å². The minimum absolute atomic E-state index is 0.0930. The molecule has 0 spiro atoms. The number of nitrogens with one attached hydrogen (secondary N) is 1. The average Bonchev–Trinajstić information content (AvgIpc) is 2.70. The second-order valence-electron chi connectivity index (χ2n) is 3.92. The Morgan fingerprint density at radius 1 is 1.25 bits per heavy atom. The van der Waals surface area contributed by atoms with Crippen molar-refractivity contribution in [3.05, 3.63) is 53.2 Å². The highest BCUT2D eigenvalue weighted by Gasteiger charge is 2.15. The zero-order valence-corrected chi connectivity index (χ0v) is 9.82. The smallest absolute Gasteiger partial charge is 0.125 e. The summed E-state index contributed by atoms with van der Waals surface area (Å²) in [6.07, 6.45) is 1.70. The van der Waals surface area contributed by atoms with E-state index in [0.717, 1.165) is 17.1 Å². The van der Waals surface area contributed by atoms with Crippen LogP contribution in [0.15, 0.2) is 34.9 Å². The molecule has 1 atom stereocenters. The molecule has 84 valence electrons. The maximum Gasteiger partial charge on any atom is 0.125 e. The molecule has 1 unspecified atom stereocenters. The Morgan fingerprint density at radius 3 is 2.44 bits per heavy atom. The molecule has 2 heterocycles. The van der Waals surface area contributed by atoms with Crippen LogP contribution in [0.25, 0.3) is 0 Å². The molecule has 0 fully saturated rings. The number of furan rings is 1. The summed E-state index contributed by atoms with van der Waals surface area (Å²) in [5.74, 6) is 0.924. The van der Waals surface area contributed by atoms with E-state index in [0.29, 0.717) is 0 Å². The van der Waals surface area contributed by atoms with E-state index >= 15 is 0 Å². The van der Waals surface area contributed by atoms with Crippen LogP contribution in [0.3, 0.4) is 0 Å². The van der Waals surface area contributed by atoms with Gasteiger partial charge in [-0.3, -0.25) is 4.98 Å². The van der Waals surface area contributed by atoms with Crippen molar-refractivity contribution in [2.45, 2.75) is 19.9 Å². The lowest BCUT2D eigenvalue weighted by Gasteiger charge is -2.15. The van der Waals surface area contributed by atoms with E-state index in [1.54, 1.807) is 6.26 Å². The molecular weight excluding hydrogens is 200 g/mol. The monoisotopic (exact) mass is 216 g/mol. The molecule has 0 radical (unpaired) electrons. The van der Waals surface area contributed by atoms with Gasteiger partial charge in [0.2, 0.25) is 0 Å². The van der Waals surface area contributed by atoms with Gasteiger partial charge in [0.25, 0.3) is 0 Å². The fourth-order valence-corrected chi connectivity index (χ4v) is 1.96. The molecule has 16 heavy (non-hydrogen) atoms. The molecule has 0 aliphatic rings. The SMILES string of the molecule is CNC(c1cc(C)nc(C)c1)c1ccco1. The molecule has 2 aromatic rings. The van der Waals surface area contributed by atoms with Crippen LogP contribution in [0.4, 0.5) is 0 Å². The number of rotatable bonds is 3. The second-order valence-corrected chi connectivity index (χ2v) is 3.92. The normalized spacial score (nSPS) is 12.7. The van der Waals surface area contributed by atoms with Gasteiger partial charge in [-0.25, -0.2) is 0 Å². The van der Waals surface area contributed by atoms with Gasteiger partial charge in [-0.05, 0) is 50.7 Å². The first-order chi connectivity index (χ1) is 7.70. The quantitative estimate of drug-likeness (QED) is 0.857. The van der Waals surface area contributed by atoms with Crippen molar-refractivity contribution in [1.29, 1.82) is 0 Å². The number of hydrogen-bond acceptors (Lipinski definition) is 3.